The Morgan fingerprint density at radius 2 is 1.72 bits per heavy atom. The Morgan fingerprint density at radius 1 is 1.00 bits per heavy atom. The van der Waals surface area contributed by atoms with Gasteiger partial charge in [0.15, 0.2) is 0 Å². The number of thiophene rings is 1. The van der Waals surface area contributed by atoms with Crippen molar-refractivity contribution in [2.75, 3.05) is 0 Å². The van der Waals surface area contributed by atoms with Gasteiger partial charge in [0, 0.05) is 22.4 Å². The Morgan fingerprint density at radius 3 is 2.34 bits per heavy atom. The maximum absolute atomic E-state index is 12.3. The molecular formula is C23H22ClN3O4S. The normalized spacial score (nSPS) is 11.3. The van der Waals surface area contributed by atoms with E-state index in [0.717, 1.165) is 10.4 Å². The summed E-state index contributed by atoms with van der Waals surface area (Å²) in [5.41, 5.74) is 6.06. The molecule has 0 aliphatic heterocycles. The predicted octanol–water partition coefficient (Wildman–Crippen LogP) is 4.01. The zero-order valence-corrected chi connectivity index (χ0v) is 18.8. The van der Waals surface area contributed by atoms with Crippen molar-refractivity contribution >= 4 is 40.7 Å². The molecule has 3 rings (SSSR count). The number of carbonyl (C=O) groups excluding carboxylic acids is 3. The van der Waals surface area contributed by atoms with Gasteiger partial charge in [0.05, 0.1) is 12.5 Å². The van der Waals surface area contributed by atoms with Gasteiger partial charge in [0.25, 0.3) is 5.91 Å². The lowest BCUT2D eigenvalue weighted by Gasteiger charge is -2.16. The monoisotopic (exact) mass is 471 g/mol. The fourth-order valence-corrected chi connectivity index (χ4v) is 3.75. The number of nitrogens with one attached hydrogen (secondary N) is 3. The predicted molar refractivity (Wildman–Crippen MR) is 123 cm³/mol. The van der Waals surface area contributed by atoms with E-state index in [1.54, 1.807) is 48.5 Å². The maximum Gasteiger partial charge on any atom is 0.269 e. The molecule has 0 aliphatic rings. The van der Waals surface area contributed by atoms with E-state index in [1.165, 1.54) is 18.3 Å². The van der Waals surface area contributed by atoms with E-state index in [0.29, 0.717) is 22.9 Å². The fourth-order valence-electron chi connectivity index (χ4n) is 2.84. The number of benzene rings is 2. The Labute approximate surface area is 194 Å². The van der Waals surface area contributed by atoms with Crippen LogP contribution in [0.3, 0.4) is 0 Å². The standard InChI is InChI=1S/C23H22ClN3O4S/c1-15(28)25-20(21-3-2-12-32-21)13-22(29)26-27-23(30)17-6-4-16(5-7-17)14-31-19-10-8-18(24)9-11-19/h2-12,20H,13-14H2,1H3,(H,25,28)(H,26,29)(H,27,30). The minimum Gasteiger partial charge on any atom is -0.489 e. The van der Waals surface area contributed by atoms with E-state index in [-0.39, 0.29) is 12.3 Å². The van der Waals surface area contributed by atoms with E-state index >= 15 is 0 Å². The Bertz CT molecular complexity index is 1050. The minimum atomic E-state index is -0.454. The SMILES string of the molecule is CC(=O)NC(CC(=O)NNC(=O)c1ccc(COc2ccc(Cl)cc2)cc1)c1cccs1. The molecule has 0 saturated carbocycles. The molecule has 3 N–H and O–H groups in total. The van der Waals surface area contributed by atoms with Crippen LogP contribution < -0.4 is 20.9 Å². The number of amides is 3. The van der Waals surface area contributed by atoms with Crippen LogP contribution in [0.5, 0.6) is 5.75 Å². The van der Waals surface area contributed by atoms with Gasteiger partial charge in [-0.1, -0.05) is 29.8 Å². The van der Waals surface area contributed by atoms with Crippen molar-refractivity contribution in [3.05, 3.63) is 87.1 Å². The summed E-state index contributed by atoms with van der Waals surface area (Å²) in [6, 6.07) is 17.1. The zero-order valence-electron chi connectivity index (χ0n) is 17.3. The first kappa shape index (κ1) is 23.3. The second-order valence-corrected chi connectivity index (χ2v) is 8.33. The molecule has 0 fully saturated rings. The number of hydrogen-bond donors (Lipinski definition) is 3. The first-order chi connectivity index (χ1) is 15.4. The molecule has 0 radical (unpaired) electrons. The van der Waals surface area contributed by atoms with E-state index < -0.39 is 17.9 Å². The van der Waals surface area contributed by atoms with Gasteiger partial charge in [-0.3, -0.25) is 25.2 Å². The number of carbonyl (C=O) groups is 3. The molecule has 9 heteroatoms. The second kappa shape index (κ2) is 11.3. The molecule has 0 saturated heterocycles. The highest BCUT2D eigenvalue weighted by atomic mass is 35.5. The quantitative estimate of drug-likeness (QED) is 0.432. The summed E-state index contributed by atoms with van der Waals surface area (Å²) in [7, 11) is 0. The van der Waals surface area contributed by atoms with Crippen LogP contribution in [0.25, 0.3) is 0 Å². The smallest absolute Gasteiger partial charge is 0.269 e. The van der Waals surface area contributed by atoms with Crippen LogP contribution in [0.1, 0.15) is 40.2 Å². The molecule has 7 nitrogen and oxygen atoms in total. The van der Waals surface area contributed by atoms with E-state index in [2.05, 4.69) is 16.2 Å². The highest BCUT2D eigenvalue weighted by molar-refractivity contribution is 7.10. The first-order valence-corrected chi connectivity index (χ1v) is 11.0. The van der Waals surface area contributed by atoms with Crippen molar-refractivity contribution in [2.45, 2.75) is 26.0 Å². The number of hydrogen-bond acceptors (Lipinski definition) is 5. The molecule has 2 aromatic carbocycles. The van der Waals surface area contributed by atoms with Crippen molar-refractivity contribution in [3.8, 4) is 5.75 Å². The van der Waals surface area contributed by atoms with Gasteiger partial charge < -0.3 is 10.1 Å². The Hall–Kier alpha value is -3.36. The van der Waals surface area contributed by atoms with Gasteiger partial charge in [-0.15, -0.1) is 11.3 Å². The van der Waals surface area contributed by atoms with Crippen LogP contribution >= 0.6 is 22.9 Å². The van der Waals surface area contributed by atoms with Gasteiger partial charge >= 0.3 is 0 Å². The molecule has 0 bridgehead atoms. The summed E-state index contributed by atoms with van der Waals surface area (Å²) >= 11 is 7.30. The van der Waals surface area contributed by atoms with Crippen molar-refractivity contribution in [1.29, 1.82) is 0 Å². The van der Waals surface area contributed by atoms with Crippen LogP contribution in [0.4, 0.5) is 0 Å². The number of rotatable bonds is 8. The molecule has 3 aromatic rings. The molecule has 166 valence electrons. The minimum absolute atomic E-state index is 0.00134. The van der Waals surface area contributed by atoms with Gasteiger partial charge in [0.1, 0.15) is 12.4 Å². The molecule has 0 spiro atoms. The van der Waals surface area contributed by atoms with Crippen molar-refractivity contribution in [1.82, 2.24) is 16.2 Å². The lowest BCUT2D eigenvalue weighted by Crippen LogP contribution is -2.43. The van der Waals surface area contributed by atoms with Crippen LogP contribution in [0, 0.1) is 0 Å². The summed E-state index contributed by atoms with van der Waals surface area (Å²) in [5, 5.41) is 5.25. The average molecular weight is 472 g/mol. The van der Waals surface area contributed by atoms with Crippen LogP contribution in [0.2, 0.25) is 5.02 Å². The average Bonchev–Trinajstić information content (AvgIpc) is 3.32. The molecule has 1 atom stereocenters. The van der Waals surface area contributed by atoms with Gasteiger partial charge in [0.2, 0.25) is 11.8 Å². The summed E-state index contributed by atoms with van der Waals surface area (Å²) < 4.78 is 5.68. The Kier molecular flexibility index (Phi) is 8.24. The van der Waals surface area contributed by atoms with E-state index in [9.17, 15) is 14.4 Å². The summed E-state index contributed by atoms with van der Waals surface area (Å²) in [4.78, 5) is 36.9. The first-order valence-electron chi connectivity index (χ1n) is 9.77. The number of hydrazine groups is 1. The molecule has 1 aromatic heterocycles. The highest BCUT2D eigenvalue weighted by Gasteiger charge is 2.18. The molecular weight excluding hydrogens is 450 g/mol. The third-order valence-corrected chi connectivity index (χ3v) is 5.64. The topological polar surface area (TPSA) is 96.5 Å². The Balaban J connectivity index is 1.48. The van der Waals surface area contributed by atoms with Crippen molar-refractivity contribution < 1.29 is 19.1 Å². The third-order valence-electron chi connectivity index (χ3n) is 4.40. The van der Waals surface area contributed by atoms with Crippen LogP contribution in [-0.2, 0) is 16.2 Å². The fraction of sp³-hybridized carbons (Fsp3) is 0.174. The number of halogens is 1. The molecule has 1 heterocycles. The molecule has 1 unspecified atom stereocenters. The largest absolute Gasteiger partial charge is 0.489 e. The molecule has 3 amide bonds. The second-order valence-electron chi connectivity index (χ2n) is 6.91. The summed E-state index contributed by atoms with van der Waals surface area (Å²) in [5.74, 6) is -0.409. The van der Waals surface area contributed by atoms with E-state index in [1.807, 2.05) is 17.5 Å². The van der Waals surface area contributed by atoms with Crippen molar-refractivity contribution in [3.63, 3.8) is 0 Å². The van der Waals surface area contributed by atoms with Crippen LogP contribution in [-0.4, -0.2) is 17.7 Å². The molecule has 0 aliphatic carbocycles. The maximum atomic E-state index is 12.3. The number of ether oxygens (including phenoxy) is 1. The molecule has 32 heavy (non-hydrogen) atoms. The lowest BCUT2D eigenvalue weighted by atomic mass is 10.1. The van der Waals surface area contributed by atoms with E-state index in [4.69, 9.17) is 16.3 Å². The summed E-state index contributed by atoms with van der Waals surface area (Å²) in [6.45, 7) is 1.73. The third kappa shape index (κ3) is 7.11. The lowest BCUT2D eigenvalue weighted by molar-refractivity contribution is -0.123. The van der Waals surface area contributed by atoms with Gasteiger partial charge in [-0.05, 0) is 53.4 Å². The van der Waals surface area contributed by atoms with Crippen molar-refractivity contribution in [2.24, 2.45) is 0 Å². The zero-order chi connectivity index (χ0) is 22.9. The summed E-state index contributed by atoms with van der Waals surface area (Å²) in [6.07, 6.45) is 0.00134. The highest BCUT2D eigenvalue weighted by Crippen LogP contribution is 2.22. The van der Waals surface area contributed by atoms with Crippen LogP contribution in [0.15, 0.2) is 66.0 Å². The van der Waals surface area contributed by atoms with Gasteiger partial charge in [-0.25, -0.2) is 0 Å². The van der Waals surface area contributed by atoms with Gasteiger partial charge in [-0.2, -0.15) is 0 Å².